The molecule has 7 atom stereocenters. The summed E-state index contributed by atoms with van der Waals surface area (Å²) in [6.07, 6.45) is 0.179. The van der Waals surface area contributed by atoms with Gasteiger partial charge < -0.3 is 64.4 Å². The van der Waals surface area contributed by atoms with Crippen LogP contribution in [0.5, 0.6) is 5.75 Å². The van der Waals surface area contributed by atoms with Crippen molar-refractivity contribution in [1.29, 1.82) is 0 Å². The quantitative estimate of drug-likeness (QED) is 0.0418. The predicted octanol–water partition coefficient (Wildman–Crippen LogP) is -3.16. The van der Waals surface area contributed by atoms with Crippen molar-refractivity contribution in [3.05, 3.63) is 65.7 Å². The number of carboxylic acids is 1. The molecule has 0 radical (unpaired) electrons. The molecule has 0 saturated heterocycles. The highest BCUT2D eigenvalue weighted by Gasteiger charge is 2.34. The van der Waals surface area contributed by atoms with Crippen molar-refractivity contribution in [2.45, 2.75) is 108 Å². The first-order chi connectivity index (χ1) is 28.4. The Morgan fingerprint density at radius 1 is 0.617 bits per heavy atom. The Bertz CT molecular complexity index is 1760. The van der Waals surface area contributed by atoms with Gasteiger partial charge in [-0.15, -0.1) is 0 Å². The molecule has 0 aliphatic rings. The van der Waals surface area contributed by atoms with Gasteiger partial charge in [-0.2, -0.15) is 0 Å². The molecular weight excluding hydrogens is 782 g/mol. The second-order valence-electron chi connectivity index (χ2n) is 14.8. The van der Waals surface area contributed by atoms with E-state index in [-0.39, 0.29) is 37.9 Å². The molecule has 0 unspecified atom stereocenters. The minimum Gasteiger partial charge on any atom is -0.508 e. The van der Waals surface area contributed by atoms with Crippen LogP contribution in [-0.4, -0.2) is 118 Å². The van der Waals surface area contributed by atoms with Gasteiger partial charge in [-0.3, -0.25) is 33.6 Å². The number of aliphatic hydroxyl groups is 1. The molecule has 0 saturated carbocycles. The van der Waals surface area contributed by atoms with Crippen molar-refractivity contribution < 1.29 is 59.4 Å². The summed E-state index contributed by atoms with van der Waals surface area (Å²) in [7, 11) is 0. The van der Waals surface area contributed by atoms with Gasteiger partial charge in [0.15, 0.2) is 0 Å². The Morgan fingerprint density at radius 3 is 1.53 bits per heavy atom. The number of aliphatic hydroxyl groups excluding tert-OH is 1. The topological polar surface area (TPSA) is 349 Å². The third kappa shape index (κ3) is 17.4. The fourth-order valence-corrected chi connectivity index (χ4v) is 5.84. The van der Waals surface area contributed by atoms with Gasteiger partial charge in [-0.25, -0.2) is 4.79 Å². The van der Waals surface area contributed by atoms with Gasteiger partial charge in [0.2, 0.25) is 41.4 Å². The first-order valence-corrected chi connectivity index (χ1v) is 19.7. The van der Waals surface area contributed by atoms with Crippen molar-refractivity contribution in [1.82, 2.24) is 31.9 Å². The molecular formula is C40H60N9O11+. The highest BCUT2D eigenvalue weighted by molar-refractivity contribution is 5.97. The SMILES string of the molecule is CC(C)[C@H](NC(=O)[C@H](CO)NC(=O)[C@H](Cc1ccccc1)NC(=O)[C@H](CCC(N)=O)NC(=O)[C@H](CCCC[NH3+])NC(=O)[C@H](Cc1ccc(O)cc1)NC(=O)[C@H](C)N)C(=O)O. The van der Waals surface area contributed by atoms with Crippen LogP contribution in [0.2, 0.25) is 0 Å². The van der Waals surface area contributed by atoms with Gasteiger partial charge in [0.05, 0.1) is 19.2 Å². The number of carbonyl (C=O) groups excluding carboxylic acids is 7. The van der Waals surface area contributed by atoms with Gasteiger partial charge in [0.1, 0.15) is 42.0 Å². The third-order valence-electron chi connectivity index (χ3n) is 9.32. The maximum absolute atomic E-state index is 14.0. The van der Waals surface area contributed by atoms with E-state index in [2.05, 4.69) is 37.6 Å². The van der Waals surface area contributed by atoms with Crippen molar-refractivity contribution in [3.63, 3.8) is 0 Å². The first kappa shape index (κ1) is 50.0. The van der Waals surface area contributed by atoms with Crippen LogP contribution < -0.4 is 49.1 Å². The summed E-state index contributed by atoms with van der Waals surface area (Å²) in [5, 5.41) is 44.2. The highest BCUT2D eigenvalue weighted by atomic mass is 16.4. The molecule has 0 aromatic heterocycles. The number of carbonyl (C=O) groups is 8. The summed E-state index contributed by atoms with van der Waals surface area (Å²) in [6.45, 7) is 4.14. The number of hydrogen-bond donors (Lipinski definition) is 12. The van der Waals surface area contributed by atoms with Gasteiger partial charge in [0.25, 0.3) is 0 Å². The monoisotopic (exact) mass is 842 g/mol. The molecule has 20 nitrogen and oxygen atoms in total. The number of nitrogens with one attached hydrogen (secondary N) is 6. The molecule has 7 amide bonds. The average molecular weight is 843 g/mol. The summed E-state index contributed by atoms with van der Waals surface area (Å²) in [6, 6.07) is 5.02. The molecule has 2 rings (SSSR count). The zero-order valence-corrected chi connectivity index (χ0v) is 34.1. The van der Waals surface area contributed by atoms with Gasteiger partial charge in [0, 0.05) is 19.3 Å². The van der Waals surface area contributed by atoms with E-state index in [1.54, 1.807) is 56.3 Å². The van der Waals surface area contributed by atoms with Gasteiger partial charge in [-0.05, 0) is 61.8 Å². The van der Waals surface area contributed by atoms with Crippen LogP contribution in [0.1, 0.15) is 64.0 Å². The summed E-state index contributed by atoms with van der Waals surface area (Å²) in [5.74, 6) is -7.78. The number of hydrogen-bond acceptors (Lipinski definition) is 11. The number of aliphatic carboxylic acids is 1. The summed E-state index contributed by atoms with van der Waals surface area (Å²) < 4.78 is 0. The van der Waals surface area contributed by atoms with E-state index < -0.39 is 102 Å². The van der Waals surface area contributed by atoms with Crippen molar-refractivity contribution in [3.8, 4) is 5.75 Å². The second kappa shape index (κ2) is 25.4. The van der Waals surface area contributed by atoms with Crippen LogP contribution in [0.15, 0.2) is 54.6 Å². The average Bonchev–Trinajstić information content (AvgIpc) is 3.19. The smallest absolute Gasteiger partial charge is 0.326 e. The zero-order chi connectivity index (χ0) is 44.9. The minimum atomic E-state index is -1.61. The Kier molecular flexibility index (Phi) is 21.2. The number of amides is 7. The maximum atomic E-state index is 14.0. The molecule has 0 heterocycles. The number of aromatic hydroxyl groups is 1. The minimum absolute atomic E-state index is 0.0158. The normalized spacial score (nSPS) is 14.5. The lowest BCUT2D eigenvalue weighted by Gasteiger charge is -2.27. The van der Waals surface area contributed by atoms with Crippen LogP contribution >= 0.6 is 0 Å². The summed E-state index contributed by atoms with van der Waals surface area (Å²) in [5.41, 5.74) is 16.1. The predicted molar refractivity (Wildman–Crippen MR) is 217 cm³/mol. The zero-order valence-electron chi connectivity index (χ0n) is 34.1. The number of benzene rings is 2. The van der Waals surface area contributed by atoms with E-state index in [4.69, 9.17) is 11.5 Å². The largest absolute Gasteiger partial charge is 0.508 e. The lowest BCUT2D eigenvalue weighted by atomic mass is 10.0. The van der Waals surface area contributed by atoms with Crippen LogP contribution in [0.3, 0.4) is 0 Å². The molecule has 0 aliphatic heterocycles. The molecule has 0 fully saturated rings. The number of phenolic OH excluding ortho intramolecular Hbond substituents is 1. The summed E-state index contributed by atoms with van der Waals surface area (Å²) >= 11 is 0. The Morgan fingerprint density at radius 2 is 1.07 bits per heavy atom. The molecule has 330 valence electrons. The van der Waals surface area contributed by atoms with E-state index in [1.165, 1.54) is 19.1 Å². The Hall–Kier alpha value is -6.12. The Balaban J connectivity index is 2.41. The third-order valence-corrected chi connectivity index (χ3v) is 9.32. The van der Waals surface area contributed by atoms with E-state index in [0.717, 1.165) is 0 Å². The fraction of sp³-hybridized carbons (Fsp3) is 0.500. The molecule has 0 bridgehead atoms. The second-order valence-corrected chi connectivity index (χ2v) is 14.8. The number of phenols is 1. The lowest BCUT2D eigenvalue weighted by molar-refractivity contribution is -0.368. The van der Waals surface area contributed by atoms with Crippen LogP contribution in [0, 0.1) is 5.92 Å². The van der Waals surface area contributed by atoms with Crippen molar-refractivity contribution in [2.24, 2.45) is 17.4 Å². The highest BCUT2D eigenvalue weighted by Crippen LogP contribution is 2.13. The van der Waals surface area contributed by atoms with Crippen molar-refractivity contribution in [2.75, 3.05) is 13.2 Å². The lowest BCUT2D eigenvalue weighted by Crippen LogP contribution is -2.60. The first-order valence-electron chi connectivity index (χ1n) is 19.7. The van der Waals surface area contributed by atoms with E-state index in [0.29, 0.717) is 30.5 Å². The molecule has 16 N–H and O–H groups in total. The Labute approximate surface area is 348 Å². The number of quaternary nitrogens is 1. The van der Waals surface area contributed by atoms with Crippen LogP contribution in [0.4, 0.5) is 0 Å². The van der Waals surface area contributed by atoms with E-state index in [9.17, 15) is 53.7 Å². The molecule has 20 heteroatoms. The summed E-state index contributed by atoms with van der Waals surface area (Å²) in [4.78, 5) is 105. The molecule has 0 spiro atoms. The molecule has 2 aromatic rings. The number of nitrogens with two attached hydrogens (primary N) is 2. The number of primary amides is 1. The van der Waals surface area contributed by atoms with Gasteiger partial charge in [-0.1, -0.05) is 56.3 Å². The van der Waals surface area contributed by atoms with Gasteiger partial charge >= 0.3 is 5.97 Å². The fourth-order valence-electron chi connectivity index (χ4n) is 5.84. The number of carboxylic acid groups (broad SMARTS) is 1. The molecule has 0 aliphatic carbocycles. The standard InChI is InChI=1S/C40H59N9O11/c1-22(2)33(40(59)60)49-39(58)31(21-50)48-38(57)30(19-24-9-5-4-6-10-24)47-36(55)28(16-17-32(43)52)45-35(54)27(11-7-8-18-41)44-37(56)29(46-34(53)23(3)42)20-25-12-14-26(51)15-13-25/h4-6,9-10,12-15,22-23,27-31,33,50-51H,7-8,11,16-21,41-42H2,1-3H3,(H2,43,52)(H,44,56)(H,45,54)(H,46,53)(H,47,55)(H,48,57)(H,49,58)(H,59,60)/p+1/t23-,27-,28-,29-,30-,31-,33-/m0/s1. The van der Waals surface area contributed by atoms with Crippen molar-refractivity contribution >= 4 is 47.3 Å². The number of rotatable bonds is 26. The molecule has 60 heavy (non-hydrogen) atoms. The van der Waals surface area contributed by atoms with Crippen LogP contribution in [0.25, 0.3) is 0 Å². The van der Waals surface area contributed by atoms with E-state index >= 15 is 0 Å². The molecule has 2 aromatic carbocycles. The van der Waals surface area contributed by atoms with E-state index in [1.807, 2.05) is 0 Å². The van der Waals surface area contributed by atoms with Crippen LogP contribution in [-0.2, 0) is 51.2 Å². The maximum Gasteiger partial charge on any atom is 0.326 e. The number of unbranched alkanes of at least 4 members (excludes halogenated alkanes) is 1.